The van der Waals surface area contributed by atoms with E-state index in [4.69, 9.17) is 0 Å². The van der Waals surface area contributed by atoms with Crippen LogP contribution in [0.1, 0.15) is 38.2 Å². The Kier molecular flexibility index (Phi) is 5.81. The number of rotatable bonds is 7. The summed E-state index contributed by atoms with van der Waals surface area (Å²) in [5.74, 6) is 0.795. The molecule has 1 aromatic heterocycles. The van der Waals surface area contributed by atoms with Crippen LogP contribution in [0.2, 0.25) is 0 Å². The molecule has 2 aromatic rings. The number of hydrogen-bond acceptors (Lipinski definition) is 4. The number of carbonyl (C=O) groups excluding carboxylic acids is 1. The lowest BCUT2D eigenvalue weighted by Gasteiger charge is -2.35. The first-order chi connectivity index (χ1) is 14.1. The molecule has 1 unspecified atom stereocenters. The van der Waals surface area contributed by atoms with Gasteiger partial charge in [0, 0.05) is 38.1 Å². The zero-order chi connectivity index (χ0) is 20.3. The lowest BCUT2D eigenvalue weighted by Crippen LogP contribution is -2.47. The first kappa shape index (κ1) is 19.8. The van der Waals surface area contributed by atoms with Crippen LogP contribution < -0.4 is 10.2 Å². The number of hydrogen-bond donors (Lipinski definition) is 1. The van der Waals surface area contributed by atoms with E-state index in [1.54, 1.807) is 6.07 Å². The van der Waals surface area contributed by atoms with Gasteiger partial charge in [-0.25, -0.2) is 9.37 Å². The summed E-state index contributed by atoms with van der Waals surface area (Å²) in [6.07, 6.45) is 5.30. The summed E-state index contributed by atoms with van der Waals surface area (Å²) in [7, 11) is 0. The molecule has 0 saturated carbocycles. The Hall–Kier alpha value is -2.47. The van der Waals surface area contributed by atoms with Crippen molar-refractivity contribution in [3.63, 3.8) is 0 Å². The number of amides is 1. The number of aromatic nitrogens is 1. The van der Waals surface area contributed by atoms with E-state index in [9.17, 15) is 9.18 Å². The summed E-state index contributed by atoms with van der Waals surface area (Å²) >= 11 is 0. The molecule has 0 bridgehead atoms. The number of piperazine rings is 1. The highest BCUT2D eigenvalue weighted by molar-refractivity contribution is 6.06. The molecule has 3 heterocycles. The predicted octanol–water partition coefficient (Wildman–Crippen LogP) is 3.81. The number of benzene rings is 1. The lowest BCUT2D eigenvalue weighted by molar-refractivity contribution is -0.121. The third-order valence-electron chi connectivity index (χ3n) is 6.46. The van der Waals surface area contributed by atoms with Crippen LogP contribution in [0.4, 0.5) is 15.9 Å². The first-order valence-corrected chi connectivity index (χ1v) is 10.6. The van der Waals surface area contributed by atoms with Crippen molar-refractivity contribution in [1.29, 1.82) is 0 Å². The minimum atomic E-state index is -0.588. The number of nitrogens with zero attached hydrogens (tertiary/aromatic N) is 3. The van der Waals surface area contributed by atoms with Gasteiger partial charge in [0.1, 0.15) is 11.6 Å². The highest BCUT2D eigenvalue weighted by atomic mass is 19.1. The lowest BCUT2D eigenvalue weighted by atomic mass is 9.75. The molecule has 2 aliphatic heterocycles. The van der Waals surface area contributed by atoms with E-state index in [0.29, 0.717) is 6.42 Å². The highest BCUT2D eigenvalue weighted by Gasteiger charge is 2.44. The van der Waals surface area contributed by atoms with Crippen LogP contribution in [-0.2, 0) is 10.2 Å². The van der Waals surface area contributed by atoms with E-state index in [1.807, 2.05) is 25.3 Å². The average Bonchev–Trinajstić information content (AvgIpc) is 3.03. The number of fused-ring (bicyclic) bond motifs is 1. The topological polar surface area (TPSA) is 48.5 Å². The Morgan fingerprint density at radius 3 is 2.69 bits per heavy atom. The van der Waals surface area contributed by atoms with E-state index < -0.39 is 5.41 Å². The molecule has 1 atom stereocenters. The van der Waals surface area contributed by atoms with Crippen molar-refractivity contribution >= 4 is 17.4 Å². The second-order valence-electron chi connectivity index (χ2n) is 8.05. The monoisotopic (exact) mass is 396 g/mol. The van der Waals surface area contributed by atoms with Crippen molar-refractivity contribution in [2.24, 2.45) is 0 Å². The van der Waals surface area contributed by atoms with Gasteiger partial charge in [-0.15, -0.1) is 0 Å². The third-order valence-corrected chi connectivity index (χ3v) is 6.46. The van der Waals surface area contributed by atoms with Gasteiger partial charge in [-0.2, -0.15) is 0 Å². The maximum Gasteiger partial charge on any atom is 0.235 e. The molecule has 0 radical (unpaired) electrons. The minimum Gasteiger partial charge on any atom is -0.354 e. The molecule has 5 nitrogen and oxygen atoms in total. The van der Waals surface area contributed by atoms with Gasteiger partial charge < -0.3 is 10.2 Å². The SMILES string of the molecule is CCC1(CCCCN2CCN(c3ccccn3)CC2)C(=O)Nc2ccc(F)cc21. The zero-order valence-electron chi connectivity index (χ0n) is 17.0. The standard InChI is InChI=1S/C23H29FN4O/c1-2-23(19-17-18(24)8-9-20(19)26-22(23)29)10-4-6-12-27-13-15-28(16-14-27)21-7-3-5-11-25-21/h3,5,7-9,11,17H,2,4,6,10,12-16H2,1H3,(H,26,29). The molecule has 0 aliphatic carbocycles. The first-order valence-electron chi connectivity index (χ1n) is 10.6. The van der Waals surface area contributed by atoms with Crippen molar-refractivity contribution in [3.8, 4) is 0 Å². The maximum atomic E-state index is 13.8. The Labute approximate surface area is 171 Å². The molecular formula is C23H29FN4O. The van der Waals surface area contributed by atoms with Crippen LogP contribution >= 0.6 is 0 Å². The molecule has 4 rings (SSSR count). The summed E-state index contributed by atoms with van der Waals surface area (Å²) < 4.78 is 13.8. The van der Waals surface area contributed by atoms with Crippen molar-refractivity contribution in [2.75, 3.05) is 42.9 Å². The molecule has 1 N–H and O–H groups in total. The molecule has 29 heavy (non-hydrogen) atoms. The minimum absolute atomic E-state index is 0.0181. The van der Waals surface area contributed by atoms with Crippen LogP contribution in [0.5, 0.6) is 0 Å². The third kappa shape index (κ3) is 3.99. The van der Waals surface area contributed by atoms with Crippen LogP contribution in [0, 0.1) is 5.82 Å². The molecule has 1 aromatic carbocycles. The number of anilines is 2. The number of nitrogens with one attached hydrogen (secondary N) is 1. The molecule has 0 spiro atoms. The average molecular weight is 397 g/mol. The summed E-state index contributed by atoms with van der Waals surface area (Å²) in [6, 6.07) is 10.7. The molecule has 1 saturated heterocycles. The van der Waals surface area contributed by atoms with Gasteiger partial charge in [0.15, 0.2) is 0 Å². The zero-order valence-corrected chi connectivity index (χ0v) is 17.0. The van der Waals surface area contributed by atoms with Gasteiger partial charge in [-0.3, -0.25) is 9.69 Å². The Morgan fingerprint density at radius 2 is 1.97 bits per heavy atom. The predicted molar refractivity (Wildman–Crippen MR) is 114 cm³/mol. The van der Waals surface area contributed by atoms with E-state index in [1.165, 1.54) is 12.1 Å². The van der Waals surface area contributed by atoms with E-state index >= 15 is 0 Å². The van der Waals surface area contributed by atoms with Gasteiger partial charge in [-0.05, 0) is 61.7 Å². The normalized spacial score (nSPS) is 21.9. The fraction of sp³-hybridized carbons (Fsp3) is 0.478. The second kappa shape index (κ2) is 8.49. The molecule has 1 fully saturated rings. The largest absolute Gasteiger partial charge is 0.354 e. The fourth-order valence-electron chi connectivity index (χ4n) is 4.67. The van der Waals surface area contributed by atoms with Gasteiger partial charge in [0.05, 0.1) is 5.41 Å². The molecule has 2 aliphatic rings. The maximum absolute atomic E-state index is 13.8. The Morgan fingerprint density at radius 1 is 1.14 bits per heavy atom. The van der Waals surface area contributed by atoms with Gasteiger partial charge >= 0.3 is 0 Å². The Balaban J connectivity index is 1.28. The van der Waals surface area contributed by atoms with Crippen LogP contribution in [-0.4, -0.2) is 48.5 Å². The van der Waals surface area contributed by atoms with Crippen molar-refractivity contribution in [3.05, 3.63) is 54.0 Å². The van der Waals surface area contributed by atoms with Gasteiger partial charge in [0.2, 0.25) is 5.91 Å². The molecule has 6 heteroatoms. The van der Waals surface area contributed by atoms with Crippen LogP contribution in [0.25, 0.3) is 0 Å². The van der Waals surface area contributed by atoms with Crippen LogP contribution in [0.3, 0.4) is 0 Å². The molecule has 154 valence electrons. The van der Waals surface area contributed by atoms with Gasteiger partial charge in [-0.1, -0.05) is 19.4 Å². The fourth-order valence-corrected chi connectivity index (χ4v) is 4.67. The number of pyridine rings is 1. The molecular weight excluding hydrogens is 367 g/mol. The summed E-state index contributed by atoms with van der Waals surface area (Å²) in [5.41, 5.74) is 1.01. The van der Waals surface area contributed by atoms with Crippen LogP contribution in [0.15, 0.2) is 42.6 Å². The quantitative estimate of drug-likeness (QED) is 0.723. The molecule has 1 amide bonds. The summed E-state index contributed by atoms with van der Waals surface area (Å²) in [5, 5.41) is 2.95. The summed E-state index contributed by atoms with van der Waals surface area (Å²) in [6.45, 7) is 7.11. The highest BCUT2D eigenvalue weighted by Crippen LogP contribution is 2.44. The van der Waals surface area contributed by atoms with E-state index in [0.717, 1.165) is 69.1 Å². The Bertz CT molecular complexity index is 851. The van der Waals surface area contributed by atoms with E-state index in [-0.39, 0.29) is 11.7 Å². The number of carbonyl (C=O) groups is 1. The van der Waals surface area contributed by atoms with Crippen molar-refractivity contribution < 1.29 is 9.18 Å². The second-order valence-corrected chi connectivity index (χ2v) is 8.05. The van der Waals surface area contributed by atoms with E-state index in [2.05, 4.69) is 26.2 Å². The van der Waals surface area contributed by atoms with Gasteiger partial charge in [0.25, 0.3) is 0 Å². The number of halogens is 1. The summed E-state index contributed by atoms with van der Waals surface area (Å²) in [4.78, 5) is 22.0. The number of unbranched alkanes of at least 4 members (excludes halogenated alkanes) is 1. The van der Waals surface area contributed by atoms with Crippen molar-refractivity contribution in [1.82, 2.24) is 9.88 Å². The smallest absolute Gasteiger partial charge is 0.235 e. The van der Waals surface area contributed by atoms with Crippen molar-refractivity contribution in [2.45, 2.75) is 38.0 Å².